The molecule has 88 valence electrons. The highest BCUT2D eigenvalue weighted by Gasteiger charge is 2.21. The number of phenols is 1. The van der Waals surface area contributed by atoms with E-state index in [1.54, 1.807) is 0 Å². The summed E-state index contributed by atoms with van der Waals surface area (Å²) >= 11 is 0. The van der Waals surface area contributed by atoms with Crippen LogP contribution in [-0.4, -0.2) is 11.7 Å². The van der Waals surface area contributed by atoms with Crippen LogP contribution in [0.15, 0.2) is 30.3 Å². The third-order valence-electron chi connectivity index (χ3n) is 3.52. The number of hydrogen-bond acceptors (Lipinski definition) is 2. The Hall–Kier alpha value is -1.54. The number of benzene rings is 2. The highest BCUT2D eigenvalue weighted by Crippen LogP contribution is 2.38. The van der Waals surface area contributed by atoms with Crippen LogP contribution in [0.5, 0.6) is 5.75 Å². The summed E-state index contributed by atoms with van der Waals surface area (Å²) in [5, 5.41) is 12.1. The maximum Gasteiger partial charge on any atom is 0.126 e. The van der Waals surface area contributed by atoms with Gasteiger partial charge < -0.3 is 9.84 Å². The predicted molar refractivity (Wildman–Crippen MR) is 68.3 cm³/mol. The van der Waals surface area contributed by atoms with Crippen LogP contribution in [-0.2, 0) is 4.74 Å². The van der Waals surface area contributed by atoms with Crippen molar-refractivity contribution in [3.05, 3.63) is 41.5 Å². The standard InChI is InChI=1S/C15H16O2/c1-10-9-13(14-7-4-8-17-14)11-5-2-3-6-12(11)15(10)16/h2-3,5-6,9,14,16H,4,7-8H2,1H3. The molecular weight excluding hydrogens is 212 g/mol. The van der Waals surface area contributed by atoms with E-state index in [-0.39, 0.29) is 6.10 Å². The van der Waals surface area contributed by atoms with E-state index in [0.29, 0.717) is 5.75 Å². The van der Waals surface area contributed by atoms with Crippen molar-refractivity contribution in [3.63, 3.8) is 0 Å². The van der Waals surface area contributed by atoms with Crippen molar-refractivity contribution in [1.82, 2.24) is 0 Å². The second kappa shape index (κ2) is 4.04. The van der Waals surface area contributed by atoms with Gasteiger partial charge in [0.1, 0.15) is 5.75 Å². The van der Waals surface area contributed by atoms with Gasteiger partial charge in [-0.1, -0.05) is 24.3 Å². The minimum absolute atomic E-state index is 0.194. The van der Waals surface area contributed by atoms with E-state index in [4.69, 9.17) is 4.74 Å². The molecule has 1 fully saturated rings. The quantitative estimate of drug-likeness (QED) is 0.806. The Morgan fingerprint density at radius 3 is 2.71 bits per heavy atom. The minimum atomic E-state index is 0.194. The second-order valence-corrected chi connectivity index (χ2v) is 4.68. The van der Waals surface area contributed by atoms with Gasteiger partial charge >= 0.3 is 0 Å². The normalized spacial score (nSPS) is 19.9. The molecule has 1 aliphatic heterocycles. The Labute approximate surface area is 101 Å². The number of phenolic OH excluding ortho intramolecular Hbond substituents is 1. The third kappa shape index (κ3) is 1.69. The molecule has 0 aliphatic carbocycles. The zero-order valence-corrected chi connectivity index (χ0v) is 9.94. The van der Waals surface area contributed by atoms with Crippen molar-refractivity contribution in [3.8, 4) is 5.75 Å². The van der Waals surface area contributed by atoms with Gasteiger partial charge in [-0.05, 0) is 42.3 Å². The van der Waals surface area contributed by atoms with Crippen LogP contribution in [0.2, 0.25) is 0 Å². The number of ether oxygens (including phenoxy) is 1. The van der Waals surface area contributed by atoms with Gasteiger partial charge in [0.05, 0.1) is 6.10 Å². The Bertz CT molecular complexity index is 554. The van der Waals surface area contributed by atoms with Crippen LogP contribution >= 0.6 is 0 Å². The fourth-order valence-electron chi connectivity index (χ4n) is 2.62. The van der Waals surface area contributed by atoms with Gasteiger partial charge in [-0.15, -0.1) is 0 Å². The monoisotopic (exact) mass is 228 g/mol. The Morgan fingerprint density at radius 1 is 1.24 bits per heavy atom. The Morgan fingerprint density at radius 2 is 2.00 bits per heavy atom. The molecule has 1 heterocycles. The molecule has 2 nitrogen and oxygen atoms in total. The van der Waals surface area contributed by atoms with E-state index in [0.717, 1.165) is 35.8 Å². The van der Waals surface area contributed by atoms with E-state index in [9.17, 15) is 5.11 Å². The van der Waals surface area contributed by atoms with Crippen LogP contribution < -0.4 is 0 Å². The summed E-state index contributed by atoms with van der Waals surface area (Å²) in [6.07, 6.45) is 2.40. The van der Waals surface area contributed by atoms with Gasteiger partial charge in [-0.2, -0.15) is 0 Å². The Kier molecular flexibility index (Phi) is 2.52. The predicted octanol–water partition coefficient (Wildman–Crippen LogP) is 3.71. The lowest BCUT2D eigenvalue weighted by Gasteiger charge is -2.15. The smallest absolute Gasteiger partial charge is 0.126 e. The largest absolute Gasteiger partial charge is 0.507 e. The van der Waals surface area contributed by atoms with Gasteiger partial charge in [0.2, 0.25) is 0 Å². The minimum Gasteiger partial charge on any atom is -0.507 e. The fraction of sp³-hybridized carbons (Fsp3) is 0.333. The first kappa shape index (κ1) is 10.6. The van der Waals surface area contributed by atoms with Crippen molar-refractivity contribution < 1.29 is 9.84 Å². The van der Waals surface area contributed by atoms with Crippen molar-refractivity contribution >= 4 is 10.8 Å². The Balaban J connectivity index is 2.26. The van der Waals surface area contributed by atoms with E-state index < -0.39 is 0 Å². The summed E-state index contributed by atoms with van der Waals surface area (Å²) in [4.78, 5) is 0. The molecule has 0 bridgehead atoms. The average molecular weight is 228 g/mol. The van der Waals surface area contributed by atoms with Crippen LogP contribution in [0, 0.1) is 6.92 Å². The molecule has 1 aliphatic rings. The van der Waals surface area contributed by atoms with Gasteiger partial charge in [0.25, 0.3) is 0 Å². The van der Waals surface area contributed by atoms with Crippen molar-refractivity contribution in [1.29, 1.82) is 0 Å². The number of rotatable bonds is 1. The topological polar surface area (TPSA) is 29.5 Å². The molecule has 2 heteroatoms. The van der Waals surface area contributed by atoms with Crippen molar-refractivity contribution in [2.24, 2.45) is 0 Å². The lowest BCUT2D eigenvalue weighted by molar-refractivity contribution is 0.113. The van der Waals surface area contributed by atoms with Gasteiger partial charge in [-0.25, -0.2) is 0 Å². The summed E-state index contributed by atoms with van der Waals surface area (Å²) in [5.74, 6) is 0.391. The highest BCUT2D eigenvalue weighted by molar-refractivity contribution is 5.92. The molecular formula is C15H16O2. The maximum atomic E-state index is 10.1. The van der Waals surface area contributed by atoms with E-state index >= 15 is 0 Å². The molecule has 2 aromatic rings. The van der Waals surface area contributed by atoms with Gasteiger partial charge in [0.15, 0.2) is 0 Å². The van der Waals surface area contributed by atoms with Gasteiger partial charge in [0, 0.05) is 12.0 Å². The van der Waals surface area contributed by atoms with Crippen LogP contribution in [0.4, 0.5) is 0 Å². The summed E-state index contributed by atoms with van der Waals surface area (Å²) in [6.45, 7) is 2.79. The summed E-state index contributed by atoms with van der Waals surface area (Å²) in [5.41, 5.74) is 2.14. The molecule has 0 radical (unpaired) electrons. The molecule has 1 atom stereocenters. The molecule has 1 N–H and O–H groups in total. The van der Waals surface area contributed by atoms with E-state index in [2.05, 4.69) is 12.1 Å². The maximum absolute atomic E-state index is 10.1. The number of fused-ring (bicyclic) bond motifs is 1. The fourth-order valence-corrected chi connectivity index (χ4v) is 2.62. The highest BCUT2D eigenvalue weighted by atomic mass is 16.5. The van der Waals surface area contributed by atoms with Crippen LogP contribution in [0.25, 0.3) is 10.8 Å². The molecule has 0 amide bonds. The third-order valence-corrected chi connectivity index (χ3v) is 3.52. The number of aromatic hydroxyl groups is 1. The average Bonchev–Trinajstić information content (AvgIpc) is 2.87. The van der Waals surface area contributed by atoms with E-state index in [1.807, 2.05) is 25.1 Å². The molecule has 2 aromatic carbocycles. The molecule has 3 rings (SSSR count). The molecule has 17 heavy (non-hydrogen) atoms. The number of hydrogen-bond donors (Lipinski definition) is 1. The van der Waals surface area contributed by atoms with Crippen LogP contribution in [0.1, 0.15) is 30.1 Å². The lowest BCUT2D eigenvalue weighted by Crippen LogP contribution is -1.98. The van der Waals surface area contributed by atoms with Gasteiger partial charge in [-0.3, -0.25) is 0 Å². The SMILES string of the molecule is Cc1cc(C2CCCO2)c2ccccc2c1O. The lowest BCUT2D eigenvalue weighted by atomic mass is 9.95. The zero-order valence-electron chi connectivity index (χ0n) is 9.94. The molecule has 0 aromatic heterocycles. The summed E-state index contributed by atoms with van der Waals surface area (Å²) in [7, 11) is 0. The molecule has 1 saturated heterocycles. The van der Waals surface area contributed by atoms with E-state index in [1.165, 1.54) is 5.56 Å². The first-order valence-corrected chi connectivity index (χ1v) is 6.10. The molecule has 0 saturated carbocycles. The number of aryl methyl sites for hydroxylation is 1. The molecule has 1 unspecified atom stereocenters. The first-order chi connectivity index (χ1) is 8.27. The summed E-state index contributed by atoms with van der Waals surface area (Å²) in [6, 6.07) is 10.1. The molecule has 0 spiro atoms. The van der Waals surface area contributed by atoms with Crippen molar-refractivity contribution in [2.75, 3.05) is 6.61 Å². The summed E-state index contributed by atoms with van der Waals surface area (Å²) < 4.78 is 5.76. The van der Waals surface area contributed by atoms with Crippen LogP contribution in [0.3, 0.4) is 0 Å². The second-order valence-electron chi connectivity index (χ2n) is 4.68. The zero-order chi connectivity index (χ0) is 11.8. The first-order valence-electron chi connectivity index (χ1n) is 6.10. The van der Waals surface area contributed by atoms with Crippen molar-refractivity contribution in [2.45, 2.75) is 25.9 Å².